The monoisotopic (exact) mass is 317 g/mol. The van der Waals surface area contributed by atoms with Gasteiger partial charge in [-0.1, -0.05) is 12.1 Å². The lowest BCUT2D eigenvalue weighted by molar-refractivity contribution is -0.131. The number of aromatic nitrogens is 1. The molecule has 1 atom stereocenters. The van der Waals surface area contributed by atoms with Crippen molar-refractivity contribution in [3.05, 3.63) is 30.2 Å². The molecule has 1 fully saturated rings. The zero-order valence-electron chi connectivity index (χ0n) is 12.9. The van der Waals surface area contributed by atoms with Crippen LogP contribution in [0.2, 0.25) is 0 Å². The molecule has 2 heterocycles. The quantitative estimate of drug-likeness (QED) is 0.934. The molecule has 1 saturated heterocycles. The molecule has 2 amide bonds. The number of piperidine rings is 1. The van der Waals surface area contributed by atoms with Crippen LogP contribution in [0.5, 0.6) is 0 Å². The Morgan fingerprint density at radius 1 is 1.43 bits per heavy atom. The molecule has 0 radical (unpaired) electrons. The highest BCUT2D eigenvalue weighted by Crippen LogP contribution is 2.28. The Morgan fingerprint density at radius 2 is 2.26 bits per heavy atom. The highest BCUT2D eigenvalue weighted by atomic mass is 16.5. The molecular formula is C16H19N3O4. The van der Waals surface area contributed by atoms with Crippen LogP contribution in [0.3, 0.4) is 0 Å². The van der Waals surface area contributed by atoms with E-state index in [4.69, 9.17) is 4.42 Å². The standard InChI is InChI=1S/C16H19N3O4/c1-22-16(21)17-9-14(20)19-8-4-5-11(10-19)15-18-12-6-2-3-7-13(12)23-15/h2-3,6-7,11H,4-5,8-10H2,1H3,(H,17,21)/t11-/m0/s1. The van der Waals surface area contributed by atoms with E-state index in [1.165, 1.54) is 7.11 Å². The number of rotatable bonds is 3. The lowest BCUT2D eigenvalue weighted by Gasteiger charge is -2.31. The van der Waals surface area contributed by atoms with Gasteiger partial charge in [0.2, 0.25) is 5.91 Å². The molecule has 0 aliphatic carbocycles. The minimum absolute atomic E-state index is 0.0625. The average molecular weight is 317 g/mol. The van der Waals surface area contributed by atoms with Crippen LogP contribution in [0.15, 0.2) is 28.7 Å². The summed E-state index contributed by atoms with van der Waals surface area (Å²) in [5.41, 5.74) is 1.59. The summed E-state index contributed by atoms with van der Waals surface area (Å²) in [4.78, 5) is 29.5. The number of nitrogens with zero attached hydrogens (tertiary/aromatic N) is 2. The number of benzene rings is 1. The van der Waals surface area contributed by atoms with Gasteiger partial charge in [0.05, 0.1) is 13.0 Å². The number of nitrogens with one attached hydrogen (secondary N) is 1. The van der Waals surface area contributed by atoms with Crippen molar-refractivity contribution in [1.82, 2.24) is 15.2 Å². The fraction of sp³-hybridized carbons (Fsp3) is 0.438. The Labute approximate surface area is 133 Å². The third kappa shape index (κ3) is 3.44. The minimum Gasteiger partial charge on any atom is -0.453 e. The maximum Gasteiger partial charge on any atom is 0.407 e. The van der Waals surface area contributed by atoms with E-state index in [2.05, 4.69) is 15.0 Å². The maximum atomic E-state index is 12.2. The first-order valence-corrected chi connectivity index (χ1v) is 7.62. The van der Waals surface area contributed by atoms with E-state index >= 15 is 0 Å². The molecular weight excluding hydrogens is 298 g/mol. The van der Waals surface area contributed by atoms with Crippen LogP contribution in [0.4, 0.5) is 4.79 Å². The summed E-state index contributed by atoms with van der Waals surface area (Å²) in [7, 11) is 1.27. The molecule has 0 unspecified atom stereocenters. The number of likely N-dealkylation sites (tertiary alicyclic amines) is 1. The summed E-state index contributed by atoms with van der Waals surface area (Å²) >= 11 is 0. The third-order valence-corrected chi connectivity index (χ3v) is 4.00. The summed E-state index contributed by atoms with van der Waals surface area (Å²) < 4.78 is 10.3. The number of fused-ring (bicyclic) bond motifs is 1. The zero-order chi connectivity index (χ0) is 16.2. The van der Waals surface area contributed by atoms with Crippen molar-refractivity contribution in [2.75, 3.05) is 26.7 Å². The van der Waals surface area contributed by atoms with E-state index < -0.39 is 6.09 Å². The number of carbonyl (C=O) groups excluding carboxylic acids is 2. The molecule has 7 nitrogen and oxygen atoms in total. The molecule has 0 bridgehead atoms. The van der Waals surface area contributed by atoms with Gasteiger partial charge in [0.1, 0.15) is 12.1 Å². The van der Waals surface area contributed by atoms with Crippen LogP contribution in [0.1, 0.15) is 24.7 Å². The number of carbonyl (C=O) groups is 2. The predicted octanol–water partition coefficient (Wildman–Crippen LogP) is 1.89. The molecule has 122 valence electrons. The van der Waals surface area contributed by atoms with E-state index in [0.717, 1.165) is 23.9 Å². The van der Waals surface area contributed by atoms with Crippen LogP contribution < -0.4 is 5.32 Å². The Morgan fingerprint density at radius 3 is 3.04 bits per heavy atom. The van der Waals surface area contributed by atoms with Gasteiger partial charge in [-0.2, -0.15) is 0 Å². The van der Waals surface area contributed by atoms with Crippen molar-refractivity contribution < 1.29 is 18.7 Å². The topological polar surface area (TPSA) is 84.7 Å². The van der Waals surface area contributed by atoms with Crippen LogP contribution in [-0.4, -0.2) is 48.6 Å². The predicted molar refractivity (Wildman–Crippen MR) is 83.0 cm³/mol. The van der Waals surface area contributed by atoms with E-state index in [1.54, 1.807) is 4.90 Å². The molecule has 23 heavy (non-hydrogen) atoms. The van der Waals surface area contributed by atoms with E-state index in [9.17, 15) is 9.59 Å². The largest absolute Gasteiger partial charge is 0.453 e. The van der Waals surface area contributed by atoms with Crippen molar-refractivity contribution in [3.63, 3.8) is 0 Å². The molecule has 0 saturated carbocycles. The normalized spacial score (nSPS) is 18.0. The van der Waals surface area contributed by atoms with Gasteiger partial charge in [0, 0.05) is 13.1 Å². The molecule has 1 aromatic heterocycles. The number of hydrogen-bond donors (Lipinski definition) is 1. The number of methoxy groups -OCH3 is 1. The summed E-state index contributed by atoms with van der Waals surface area (Å²) in [5.74, 6) is 0.624. The van der Waals surface area contributed by atoms with Crippen LogP contribution >= 0.6 is 0 Å². The minimum atomic E-state index is -0.606. The SMILES string of the molecule is COC(=O)NCC(=O)N1CCC[C@H](c2nc3ccccc3o2)C1. The Hall–Kier alpha value is -2.57. The van der Waals surface area contributed by atoms with Gasteiger partial charge >= 0.3 is 6.09 Å². The highest BCUT2D eigenvalue weighted by Gasteiger charge is 2.28. The molecule has 1 N–H and O–H groups in total. The van der Waals surface area contributed by atoms with E-state index in [1.807, 2.05) is 24.3 Å². The van der Waals surface area contributed by atoms with Crippen LogP contribution in [-0.2, 0) is 9.53 Å². The average Bonchev–Trinajstić information content (AvgIpc) is 3.03. The number of hydrogen-bond acceptors (Lipinski definition) is 5. The van der Waals surface area contributed by atoms with Crippen LogP contribution in [0.25, 0.3) is 11.1 Å². The number of amides is 2. The molecule has 1 aliphatic heterocycles. The molecule has 3 rings (SSSR count). The summed E-state index contributed by atoms with van der Waals surface area (Å²) in [6.07, 6.45) is 1.21. The van der Waals surface area contributed by atoms with E-state index in [-0.39, 0.29) is 18.4 Å². The van der Waals surface area contributed by atoms with E-state index in [0.29, 0.717) is 19.0 Å². The summed E-state index contributed by atoms with van der Waals surface area (Å²) in [6, 6.07) is 7.63. The summed E-state index contributed by atoms with van der Waals surface area (Å²) in [5, 5.41) is 2.41. The van der Waals surface area contributed by atoms with Gasteiger partial charge in [-0.3, -0.25) is 4.79 Å². The highest BCUT2D eigenvalue weighted by molar-refractivity contribution is 5.82. The van der Waals surface area contributed by atoms with Gasteiger partial charge in [-0.05, 0) is 25.0 Å². The number of oxazole rings is 1. The first-order chi connectivity index (χ1) is 11.2. The fourth-order valence-corrected chi connectivity index (χ4v) is 2.80. The second-order valence-electron chi connectivity index (χ2n) is 5.54. The molecule has 7 heteroatoms. The fourth-order valence-electron chi connectivity index (χ4n) is 2.80. The van der Waals surface area contributed by atoms with Crippen molar-refractivity contribution in [2.45, 2.75) is 18.8 Å². The van der Waals surface area contributed by atoms with Crippen molar-refractivity contribution in [2.24, 2.45) is 0 Å². The first kappa shape index (κ1) is 15.3. The van der Waals surface area contributed by atoms with Crippen molar-refractivity contribution in [3.8, 4) is 0 Å². The van der Waals surface area contributed by atoms with Gasteiger partial charge in [-0.25, -0.2) is 9.78 Å². The lowest BCUT2D eigenvalue weighted by atomic mass is 9.98. The van der Waals surface area contributed by atoms with Gasteiger partial charge in [0.25, 0.3) is 0 Å². The second kappa shape index (κ2) is 6.68. The maximum absolute atomic E-state index is 12.2. The third-order valence-electron chi connectivity index (χ3n) is 4.00. The lowest BCUT2D eigenvalue weighted by Crippen LogP contribution is -2.44. The Balaban J connectivity index is 1.65. The second-order valence-corrected chi connectivity index (χ2v) is 5.54. The number of ether oxygens (including phenoxy) is 1. The molecule has 0 spiro atoms. The zero-order valence-corrected chi connectivity index (χ0v) is 12.9. The van der Waals surface area contributed by atoms with Gasteiger partial charge in [0.15, 0.2) is 11.5 Å². The molecule has 1 aliphatic rings. The van der Waals surface area contributed by atoms with Crippen LogP contribution in [0, 0.1) is 0 Å². The Kier molecular flexibility index (Phi) is 4.45. The number of alkyl carbamates (subject to hydrolysis) is 1. The van der Waals surface area contributed by atoms with Gasteiger partial charge in [-0.15, -0.1) is 0 Å². The molecule has 2 aromatic rings. The van der Waals surface area contributed by atoms with Gasteiger partial charge < -0.3 is 19.4 Å². The number of para-hydroxylation sites is 2. The van der Waals surface area contributed by atoms with Crippen molar-refractivity contribution >= 4 is 23.1 Å². The first-order valence-electron chi connectivity index (χ1n) is 7.62. The van der Waals surface area contributed by atoms with Crippen molar-refractivity contribution in [1.29, 1.82) is 0 Å². The Bertz CT molecular complexity index is 679. The molecule has 1 aromatic carbocycles. The smallest absolute Gasteiger partial charge is 0.407 e. The summed E-state index contributed by atoms with van der Waals surface area (Å²) in [6.45, 7) is 1.17.